The van der Waals surface area contributed by atoms with Gasteiger partial charge in [-0.1, -0.05) is 78.9 Å². The number of nitrogens with zero attached hydrogens (tertiary/aromatic N) is 1. The van der Waals surface area contributed by atoms with E-state index in [2.05, 4.69) is 91.1 Å². The molecule has 2 unspecified atom stereocenters. The summed E-state index contributed by atoms with van der Waals surface area (Å²) in [5.74, 6) is 1.24. The molecule has 1 heteroatoms. The molecule has 0 aliphatic heterocycles. The molecule has 0 fully saturated rings. The molecule has 0 spiro atoms. The molecule has 0 bridgehead atoms. The highest BCUT2D eigenvalue weighted by Gasteiger charge is 2.30. The van der Waals surface area contributed by atoms with E-state index in [9.17, 15) is 0 Å². The molecule has 0 N–H and O–H groups in total. The van der Waals surface area contributed by atoms with Crippen LogP contribution in [0, 0.1) is 11.8 Å². The third-order valence-electron chi connectivity index (χ3n) is 7.75. The van der Waals surface area contributed by atoms with Gasteiger partial charge in [-0.25, -0.2) is 0 Å². The zero-order chi connectivity index (χ0) is 22.0. The Kier molecular flexibility index (Phi) is 5.56. The van der Waals surface area contributed by atoms with Crippen LogP contribution in [0.3, 0.4) is 0 Å². The molecule has 4 aliphatic rings. The molecule has 2 aromatic rings. The van der Waals surface area contributed by atoms with E-state index >= 15 is 0 Å². The molecule has 2 atom stereocenters. The molecular formula is C32H31N. The molecule has 164 valence electrons. The van der Waals surface area contributed by atoms with Crippen LogP contribution < -0.4 is 0 Å². The first-order chi connectivity index (χ1) is 16.3. The molecule has 0 saturated carbocycles. The highest BCUT2D eigenvalue weighted by molar-refractivity contribution is 5.98. The third kappa shape index (κ3) is 4.13. The fourth-order valence-electron chi connectivity index (χ4n) is 6.01. The number of allylic oxidation sites excluding steroid dienone is 10. The summed E-state index contributed by atoms with van der Waals surface area (Å²) in [4.78, 5) is 5.16. The van der Waals surface area contributed by atoms with Gasteiger partial charge in [0.15, 0.2) is 0 Å². The molecule has 4 aliphatic carbocycles. The number of hydrogen-bond donors (Lipinski definition) is 0. The second kappa shape index (κ2) is 8.98. The van der Waals surface area contributed by atoms with Gasteiger partial charge in [-0.05, 0) is 96.8 Å². The van der Waals surface area contributed by atoms with E-state index in [1.165, 1.54) is 48.9 Å². The molecule has 2 aromatic carbocycles. The maximum Gasteiger partial charge on any atom is 0.0711 e. The summed E-state index contributed by atoms with van der Waals surface area (Å²) >= 11 is 0. The standard InChI is InChI=1S/C32H31N/c1-2-9-23(10-3-1)30-15-6-7-16-32(30)33-28-13-8-12-26(21-28)27-20-19-25-18-17-24-11-4-5-14-29(24)31(25)22-27/h1-4,6-11,13,15-16,19-20,26-27H,5,12,14,17-18,21-22H2. The van der Waals surface area contributed by atoms with Crippen LogP contribution in [0.1, 0.15) is 44.9 Å². The van der Waals surface area contributed by atoms with Crippen molar-refractivity contribution in [3.63, 3.8) is 0 Å². The Labute approximate surface area is 197 Å². The van der Waals surface area contributed by atoms with Crippen molar-refractivity contribution in [3.8, 4) is 11.1 Å². The van der Waals surface area contributed by atoms with Gasteiger partial charge in [-0.2, -0.15) is 0 Å². The third-order valence-corrected chi connectivity index (χ3v) is 7.75. The Hall–Kier alpha value is -3.19. The van der Waals surface area contributed by atoms with Crippen LogP contribution >= 0.6 is 0 Å². The summed E-state index contributed by atoms with van der Waals surface area (Å²) in [5.41, 5.74) is 11.3. The van der Waals surface area contributed by atoms with Gasteiger partial charge in [-0.3, -0.25) is 4.99 Å². The largest absolute Gasteiger partial charge is 0.253 e. The van der Waals surface area contributed by atoms with Crippen molar-refractivity contribution in [1.82, 2.24) is 0 Å². The molecule has 0 amide bonds. The SMILES string of the molecule is C1=CC2=C(CC1)C1=C(C=CC(C3CC=CC(=Nc4ccccc4-c4ccccc4)C3)C1)CC2. The Bertz CT molecular complexity index is 1230. The van der Waals surface area contributed by atoms with E-state index < -0.39 is 0 Å². The van der Waals surface area contributed by atoms with E-state index in [-0.39, 0.29) is 0 Å². The van der Waals surface area contributed by atoms with Crippen molar-refractivity contribution in [2.75, 3.05) is 0 Å². The Morgan fingerprint density at radius 2 is 1.52 bits per heavy atom. The van der Waals surface area contributed by atoms with E-state index in [1.54, 1.807) is 22.3 Å². The second-order valence-electron chi connectivity index (χ2n) is 9.76. The fraction of sp³-hybridized carbons (Fsp3) is 0.281. The monoisotopic (exact) mass is 429 g/mol. The first-order valence-corrected chi connectivity index (χ1v) is 12.5. The van der Waals surface area contributed by atoms with Gasteiger partial charge < -0.3 is 0 Å². The highest BCUT2D eigenvalue weighted by atomic mass is 14.8. The van der Waals surface area contributed by atoms with Gasteiger partial charge in [0.25, 0.3) is 0 Å². The lowest BCUT2D eigenvalue weighted by Gasteiger charge is -2.34. The fourth-order valence-corrected chi connectivity index (χ4v) is 6.01. The molecule has 0 saturated heterocycles. The number of hydrogen-bond acceptors (Lipinski definition) is 1. The van der Waals surface area contributed by atoms with Crippen molar-refractivity contribution in [2.24, 2.45) is 16.8 Å². The Morgan fingerprint density at radius 1 is 0.697 bits per heavy atom. The topological polar surface area (TPSA) is 12.4 Å². The highest BCUT2D eigenvalue weighted by Crippen LogP contribution is 2.44. The zero-order valence-electron chi connectivity index (χ0n) is 19.2. The molecule has 0 aromatic heterocycles. The van der Waals surface area contributed by atoms with Gasteiger partial charge >= 0.3 is 0 Å². The van der Waals surface area contributed by atoms with E-state index in [0.717, 1.165) is 18.5 Å². The molecular weight excluding hydrogens is 398 g/mol. The van der Waals surface area contributed by atoms with Crippen molar-refractivity contribution in [1.29, 1.82) is 0 Å². The lowest BCUT2D eigenvalue weighted by molar-refractivity contribution is 0.398. The summed E-state index contributed by atoms with van der Waals surface area (Å²) in [7, 11) is 0. The first-order valence-electron chi connectivity index (χ1n) is 12.5. The lowest BCUT2D eigenvalue weighted by Crippen LogP contribution is -2.23. The number of para-hydroxylation sites is 1. The van der Waals surface area contributed by atoms with Crippen molar-refractivity contribution >= 4 is 11.4 Å². The maximum absolute atomic E-state index is 5.16. The summed E-state index contributed by atoms with van der Waals surface area (Å²) in [6.07, 6.45) is 22.7. The summed E-state index contributed by atoms with van der Waals surface area (Å²) < 4.78 is 0. The zero-order valence-corrected chi connectivity index (χ0v) is 19.2. The van der Waals surface area contributed by atoms with Crippen LogP contribution in [-0.4, -0.2) is 5.71 Å². The molecule has 33 heavy (non-hydrogen) atoms. The van der Waals surface area contributed by atoms with Gasteiger partial charge in [0, 0.05) is 11.3 Å². The van der Waals surface area contributed by atoms with Crippen LogP contribution in [0.2, 0.25) is 0 Å². The second-order valence-corrected chi connectivity index (χ2v) is 9.76. The predicted octanol–water partition coefficient (Wildman–Crippen LogP) is 8.71. The predicted molar refractivity (Wildman–Crippen MR) is 140 cm³/mol. The summed E-state index contributed by atoms with van der Waals surface area (Å²) in [5, 5.41) is 0. The maximum atomic E-state index is 5.16. The smallest absolute Gasteiger partial charge is 0.0711 e. The average molecular weight is 430 g/mol. The average Bonchev–Trinajstić information content (AvgIpc) is 2.89. The van der Waals surface area contributed by atoms with Crippen LogP contribution in [0.4, 0.5) is 5.69 Å². The molecule has 1 nitrogen and oxygen atoms in total. The van der Waals surface area contributed by atoms with Crippen molar-refractivity contribution in [2.45, 2.75) is 44.9 Å². The van der Waals surface area contributed by atoms with Crippen molar-refractivity contribution < 1.29 is 0 Å². The first kappa shape index (κ1) is 20.4. The molecule has 6 rings (SSSR count). The Morgan fingerprint density at radius 3 is 2.42 bits per heavy atom. The minimum absolute atomic E-state index is 0.612. The number of rotatable bonds is 3. The van der Waals surface area contributed by atoms with Crippen LogP contribution in [0.5, 0.6) is 0 Å². The van der Waals surface area contributed by atoms with Gasteiger partial charge in [-0.15, -0.1) is 0 Å². The number of benzene rings is 2. The Balaban J connectivity index is 1.24. The minimum atomic E-state index is 0.612. The van der Waals surface area contributed by atoms with Gasteiger partial charge in [0.05, 0.1) is 5.69 Å². The number of fused-ring (bicyclic) bond motifs is 1. The molecule has 0 heterocycles. The van der Waals surface area contributed by atoms with E-state index in [1.807, 2.05) is 0 Å². The van der Waals surface area contributed by atoms with Crippen LogP contribution in [0.25, 0.3) is 11.1 Å². The summed E-state index contributed by atoms with van der Waals surface area (Å²) in [6, 6.07) is 19.2. The lowest BCUT2D eigenvalue weighted by atomic mass is 9.70. The quantitative estimate of drug-likeness (QED) is 0.462. The van der Waals surface area contributed by atoms with E-state index in [0.29, 0.717) is 11.8 Å². The summed E-state index contributed by atoms with van der Waals surface area (Å²) in [6.45, 7) is 0. The normalized spacial score (nSPS) is 25.4. The minimum Gasteiger partial charge on any atom is -0.253 e. The van der Waals surface area contributed by atoms with Crippen molar-refractivity contribution in [3.05, 3.63) is 113 Å². The van der Waals surface area contributed by atoms with Crippen LogP contribution in [0.15, 0.2) is 118 Å². The van der Waals surface area contributed by atoms with Crippen LogP contribution in [-0.2, 0) is 0 Å². The van der Waals surface area contributed by atoms with Gasteiger partial charge in [0.2, 0.25) is 0 Å². The van der Waals surface area contributed by atoms with Gasteiger partial charge in [0.1, 0.15) is 0 Å². The number of aliphatic imine (C=N–C) groups is 1. The molecule has 0 radical (unpaired) electrons. The van der Waals surface area contributed by atoms with E-state index in [4.69, 9.17) is 4.99 Å².